The van der Waals surface area contributed by atoms with Gasteiger partial charge >= 0.3 is 0 Å². The summed E-state index contributed by atoms with van der Waals surface area (Å²) in [6.07, 6.45) is 3.55. The molecule has 1 fully saturated rings. The number of hydrogen-bond acceptors (Lipinski definition) is 5. The number of fused-ring (bicyclic) bond motifs is 1. The number of carbonyl (C=O) groups is 1. The highest BCUT2D eigenvalue weighted by Gasteiger charge is 2.33. The van der Waals surface area contributed by atoms with Gasteiger partial charge in [-0.2, -0.15) is 0 Å². The maximum atomic E-state index is 13.3. The van der Waals surface area contributed by atoms with E-state index in [9.17, 15) is 4.79 Å². The fourth-order valence-corrected chi connectivity index (χ4v) is 3.80. The van der Waals surface area contributed by atoms with Crippen molar-refractivity contribution in [1.82, 2.24) is 9.97 Å². The molecule has 6 nitrogen and oxygen atoms in total. The number of nitrogens with zero attached hydrogens (tertiary/aromatic N) is 4. The Kier molecular flexibility index (Phi) is 4.25. The normalized spacial score (nSPS) is 16.4. The van der Waals surface area contributed by atoms with Crippen LogP contribution in [0.3, 0.4) is 0 Å². The van der Waals surface area contributed by atoms with Crippen molar-refractivity contribution in [2.45, 2.75) is 6.54 Å². The van der Waals surface area contributed by atoms with E-state index in [0.29, 0.717) is 19.8 Å². The van der Waals surface area contributed by atoms with Gasteiger partial charge in [-0.25, -0.2) is 4.98 Å². The number of amides is 1. The highest BCUT2D eigenvalue weighted by atomic mass is 16.5. The Bertz CT molecular complexity index is 1000. The van der Waals surface area contributed by atoms with Gasteiger partial charge in [0.25, 0.3) is 5.91 Å². The van der Waals surface area contributed by atoms with Gasteiger partial charge in [0, 0.05) is 42.3 Å². The number of benzene rings is 1. The molecule has 0 aliphatic carbocycles. The Labute approximate surface area is 163 Å². The van der Waals surface area contributed by atoms with Gasteiger partial charge in [-0.3, -0.25) is 9.78 Å². The quantitative estimate of drug-likeness (QED) is 0.707. The van der Waals surface area contributed by atoms with Gasteiger partial charge in [-0.05, 0) is 30.3 Å². The molecule has 0 unspecified atom stereocenters. The number of aromatic nitrogens is 2. The van der Waals surface area contributed by atoms with Gasteiger partial charge in [0.05, 0.1) is 31.0 Å². The number of morpholine rings is 1. The van der Waals surface area contributed by atoms with E-state index in [4.69, 9.17) is 9.72 Å². The third-order valence-electron chi connectivity index (χ3n) is 5.24. The predicted octanol–water partition coefficient (Wildman–Crippen LogP) is 3.14. The van der Waals surface area contributed by atoms with Crippen molar-refractivity contribution < 1.29 is 9.53 Å². The van der Waals surface area contributed by atoms with E-state index in [0.717, 1.165) is 47.0 Å². The fraction of sp³-hybridized carbons (Fsp3) is 0.227. The van der Waals surface area contributed by atoms with E-state index in [1.807, 2.05) is 53.4 Å². The third-order valence-corrected chi connectivity index (χ3v) is 5.24. The molecule has 0 bridgehead atoms. The second kappa shape index (κ2) is 7.05. The summed E-state index contributed by atoms with van der Waals surface area (Å²) in [4.78, 5) is 26.5. The van der Waals surface area contributed by atoms with Gasteiger partial charge in [-0.15, -0.1) is 0 Å². The van der Waals surface area contributed by atoms with E-state index in [1.54, 1.807) is 12.4 Å². The van der Waals surface area contributed by atoms with Crippen LogP contribution in [-0.4, -0.2) is 42.2 Å². The Balaban J connectivity index is 1.63. The van der Waals surface area contributed by atoms with Crippen LogP contribution in [0.1, 0.15) is 15.9 Å². The maximum absolute atomic E-state index is 13.3. The van der Waals surface area contributed by atoms with Crippen molar-refractivity contribution in [2.24, 2.45) is 0 Å². The number of carbonyl (C=O) groups excluding carboxylic acids is 1. The van der Waals surface area contributed by atoms with E-state index in [2.05, 4.69) is 9.88 Å². The molecule has 4 heterocycles. The zero-order chi connectivity index (χ0) is 18.9. The van der Waals surface area contributed by atoms with Crippen molar-refractivity contribution in [3.63, 3.8) is 0 Å². The SMILES string of the molecule is O=C1c2cc(N3CCOCC3)nc(-c3cccnc3)c2CN1c1ccccc1. The van der Waals surface area contributed by atoms with Crippen LogP contribution in [0.15, 0.2) is 60.9 Å². The van der Waals surface area contributed by atoms with E-state index in [1.165, 1.54) is 0 Å². The lowest BCUT2D eigenvalue weighted by Gasteiger charge is -2.28. The van der Waals surface area contributed by atoms with Crippen LogP contribution in [0, 0.1) is 0 Å². The number of para-hydroxylation sites is 1. The van der Waals surface area contributed by atoms with Crippen molar-refractivity contribution in [2.75, 3.05) is 36.1 Å². The maximum Gasteiger partial charge on any atom is 0.259 e. The highest BCUT2D eigenvalue weighted by Crippen LogP contribution is 2.36. The first kappa shape index (κ1) is 16.9. The van der Waals surface area contributed by atoms with Gasteiger partial charge in [0.15, 0.2) is 0 Å². The summed E-state index contributed by atoms with van der Waals surface area (Å²) in [6.45, 7) is 3.40. The summed E-state index contributed by atoms with van der Waals surface area (Å²) >= 11 is 0. The molecule has 140 valence electrons. The summed E-state index contributed by atoms with van der Waals surface area (Å²) in [6, 6.07) is 15.6. The molecule has 1 aromatic carbocycles. The topological polar surface area (TPSA) is 58.6 Å². The summed E-state index contributed by atoms with van der Waals surface area (Å²) in [5.74, 6) is 0.840. The fourth-order valence-electron chi connectivity index (χ4n) is 3.80. The van der Waals surface area contributed by atoms with Crippen molar-refractivity contribution in [3.8, 4) is 11.3 Å². The Morgan fingerprint density at radius 2 is 1.82 bits per heavy atom. The molecular formula is C22H20N4O2. The van der Waals surface area contributed by atoms with Crippen LogP contribution in [0.5, 0.6) is 0 Å². The van der Waals surface area contributed by atoms with Gasteiger partial charge in [-0.1, -0.05) is 18.2 Å². The number of anilines is 2. The molecule has 0 saturated carbocycles. The highest BCUT2D eigenvalue weighted by molar-refractivity contribution is 6.11. The smallest absolute Gasteiger partial charge is 0.259 e. The average molecular weight is 372 g/mol. The lowest BCUT2D eigenvalue weighted by atomic mass is 10.0. The van der Waals surface area contributed by atoms with E-state index >= 15 is 0 Å². The van der Waals surface area contributed by atoms with Crippen LogP contribution in [0.4, 0.5) is 11.5 Å². The molecule has 0 atom stereocenters. The second-order valence-electron chi connectivity index (χ2n) is 6.92. The molecular weight excluding hydrogens is 352 g/mol. The van der Waals surface area contributed by atoms with Crippen LogP contribution >= 0.6 is 0 Å². The van der Waals surface area contributed by atoms with Crippen LogP contribution < -0.4 is 9.80 Å². The average Bonchev–Trinajstić information content (AvgIpc) is 3.11. The molecule has 5 rings (SSSR count). The van der Waals surface area contributed by atoms with E-state index in [-0.39, 0.29) is 5.91 Å². The number of pyridine rings is 2. The molecule has 2 aromatic heterocycles. The summed E-state index contributed by atoms with van der Waals surface area (Å²) in [7, 11) is 0. The van der Waals surface area contributed by atoms with Gasteiger partial charge < -0.3 is 14.5 Å². The Hall–Kier alpha value is -3.25. The number of ether oxygens (including phenoxy) is 1. The lowest BCUT2D eigenvalue weighted by molar-refractivity contribution is 0.0996. The van der Waals surface area contributed by atoms with Crippen LogP contribution in [0.2, 0.25) is 0 Å². The van der Waals surface area contributed by atoms with Crippen LogP contribution in [-0.2, 0) is 11.3 Å². The van der Waals surface area contributed by atoms with Gasteiger partial charge in [0.2, 0.25) is 0 Å². The van der Waals surface area contributed by atoms with Crippen molar-refractivity contribution in [1.29, 1.82) is 0 Å². The molecule has 2 aliphatic heterocycles. The minimum Gasteiger partial charge on any atom is -0.378 e. The summed E-state index contributed by atoms with van der Waals surface area (Å²) in [5, 5.41) is 0. The zero-order valence-corrected chi connectivity index (χ0v) is 15.4. The molecule has 0 spiro atoms. The summed E-state index contributed by atoms with van der Waals surface area (Å²) in [5.41, 5.74) is 4.34. The molecule has 2 aliphatic rings. The first-order valence-corrected chi connectivity index (χ1v) is 9.45. The second-order valence-corrected chi connectivity index (χ2v) is 6.92. The standard InChI is InChI=1S/C22H20N4O2/c27-22-18-13-20(25-9-11-28-12-10-25)24-21(16-5-4-8-23-14-16)19(18)15-26(22)17-6-2-1-3-7-17/h1-8,13-14H,9-12,15H2. The zero-order valence-electron chi connectivity index (χ0n) is 15.4. The molecule has 3 aromatic rings. The minimum absolute atomic E-state index is 0.0169. The number of rotatable bonds is 3. The third kappa shape index (κ3) is 2.92. The molecule has 6 heteroatoms. The lowest BCUT2D eigenvalue weighted by Crippen LogP contribution is -2.37. The first-order chi connectivity index (χ1) is 13.8. The largest absolute Gasteiger partial charge is 0.378 e. The molecule has 0 N–H and O–H groups in total. The molecule has 1 amide bonds. The number of hydrogen-bond donors (Lipinski definition) is 0. The Morgan fingerprint density at radius 1 is 1.00 bits per heavy atom. The van der Waals surface area contributed by atoms with E-state index < -0.39 is 0 Å². The molecule has 1 saturated heterocycles. The first-order valence-electron chi connectivity index (χ1n) is 9.45. The monoisotopic (exact) mass is 372 g/mol. The minimum atomic E-state index is 0.0169. The molecule has 28 heavy (non-hydrogen) atoms. The molecule has 0 radical (unpaired) electrons. The van der Waals surface area contributed by atoms with Gasteiger partial charge in [0.1, 0.15) is 5.82 Å². The van der Waals surface area contributed by atoms with Crippen molar-refractivity contribution in [3.05, 3.63) is 72.1 Å². The van der Waals surface area contributed by atoms with Crippen LogP contribution in [0.25, 0.3) is 11.3 Å². The Morgan fingerprint density at radius 3 is 2.57 bits per heavy atom. The summed E-state index contributed by atoms with van der Waals surface area (Å²) < 4.78 is 5.47. The van der Waals surface area contributed by atoms with Crippen molar-refractivity contribution >= 4 is 17.4 Å². The predicted molar refractivity (Wildman–Crippen MR) is 107 cm³/mol.